The smallest absolute Gasteiger partial charge is 0.251 e. The highest BCUT2D eigenvalue weighted by molar-refractivity contribution is 7.92. The maximum absolute atomic E-state index is 13.2. The summed E-state index contributed by atoms with van der Waals surface area (Å²) in [5.74, 6) is 0.212. The number of aliphatic hydroxyl groups excluding tert-OH is 1. The largest absolute Gasteiger partial charge is 0.394 e. The molecular formula is C25H39N5O4S. The van der Waals surface area contributed by atoms with Gasteiger partial charge in [0.05, 0.1) is 18.9 Å². The van der Waals surface area contributed by atoms with Crippen LogP contribution in [0, 0.1) is 0 Å². The summed E-state index contributed by atoms with van der Waals surface area (Å²) in [7, 11) is -3.59. The second-order valence-corrected chi connectivity index (χ2v) is 10.3. The van der Waals surface area contributed by atoms with E-state index in [1.807, 2.05) is 37.3 Å². The number of carbonyl (C=O) groups excluding carboxylic acids is 1. The third-order valence-electron chi connectivity index (χ3n) is 5.67. The fourth-order valence-electron chi connectivity index (χ4n) is 3.73. The molecule has 1 aromatic carbocycles. The van der Waals surface area contributed by atoms with Gasteiger partial charge in [-0.05, 0) is 43.6 Å². The van der Waals surface area contributed by atoms with Crippen LogP contribution >= 0.6 is 0 Å². The number of likely N-dealkylation sites (N-methyl/N-ethyl adjacent to an activating group) is 1. The van der Waals surface area contributed by atoms with Gasteiger partial charge in [0.15, 0.2) is 0 Å². The van der Waals surface area contributed by atoms with Gasteiger partial charge in [-0.3, -0.25) is 9.10 Å². The number of nitrogens with one attached hydrogen (secondary N) is 2. The van der Waals surface area contributed by atoms with E-state index in [9.17, 15) is 18.3 Å². The molecule has 0 fully saturated rings. The summed E-state index contributed by atoms with van der Waals surface area (Å²) in [6.45, 7) is 9.31. The van der Waals surface area contributed by atoms with Gasteiger partial charge in [0, 0.05) is 25.2 Å². The van der Waals surface area contributed by atoms with Crippen molar-refractivity contribution < 1.29 is 18.3 Å². The normalized spacial score (nSPS) is 12.4. The van der Waals surface area contributed by atoms with Crippen LogP contribution in [-0.4, -0.2) is 80.9 Å². The third-order valence-corrected chi connectivity index (χ3v) is 6.84. The Morgan fingerprint density at radius 1 is 1.09 bits per heavy atom. The molecule has 2 rings (SSSR count). The molecule has 0 radical (unpaired) electrons. The number of amides is 1. The number of hydrogen-bond acceptors (Lipinski definition) is 7. The summed E-state index contributed by atoms with van der Waals surface area (Å²) < 4.78 is 26.1. The molecule has 194 valence electrons. The van der Waals surface area contributed by atoms with Crippen LogP contribution in [0.4, 0.5) is 11.6 Å². The molecule has 1 atom stereocenters. The van der Waals surface area contributed by atoms with Crippen molar-refractivity contribution in [3.05, 3.63) is 53.6 Å². The Morgan fingerprint density at radius 3 is 2.34 bits per heavy atom. The predicted molar refractivity (Wildman–Crippen MR) is 141 cm³/mol. The van der Waals surface area contributed by atoms with Crippen molar-refractivity contribution in [2.45, 2.75) is 39.7 Å². The Labute approximate surface area is 209 Å². The lowest BCUT2D eigenvalue weighted by Crippen LogP contribution is -2.39. The van der Waals surface area contributed by atoms with Crippen LogP contribution in [0.5, 0.6) is 0 Å². The van der Waals surface area contributed by atoms with E-state index in [1.165, 1.54) is 10.4 Å². The van der Waals surface area contributed by atoms with Gasteiger partial charge in [-0.15, -0.1) is 0 Å². The Bertz CT molecular complexity index is 1030. The molecule has 0 aliphatic carbocycles. The first-order valence-corrected chi connectivity index (χ1v) is 14.0. The van der Waals surface area contributed by atoms with E-state index in [2.05, 4.69) is 34.4 Å². The number of pyridine rings is 1. The SMILES string of the molecule is CCCN(c1cc(C(=O)N[C@H](CO)Cc2ccccc2)cc(NCCN(CC)CC)n1)S(C)(=O)=O. The highest BCUT2D eigenvalue weighted by Crippen LogP contribution is 2.21. The van der Waals surface area contributed by atoms with Crippen LogP contribution in [0.25, 0.3) is 0 Å². The van der Waals surface area contributed by atoms with Crippen LogP contribution in [0.2, 0.25) is 0 Å². The minimum absolute atomic E-state index is 0.191. The first kappa shape index (κ1) is 28.5. The first-order valence-electron chi connectivity index (χ1n) is 12.1. The standard InChI is InChI=1S/C25H39N5O4S/c1-5-14-30(35(4,33)34)24-18-21(17-23(28-24)26-13-15-29(6-2)7-3)25(32)27-22(19-31)16-20-11-9-8-10-12-20/h8-12,17-18,22,31H,5-7,13-16,19H2,1-4H3,(H,26,28)(H,27,32)/t22-/m0/s1. The van der Waals surface area contributed by atoms with Crippen molar-refractivity contribution in [3.8, 4) is 0 Å². The first-order chi connectivity index (χ1) is 16.7. The average Bonchev–Trinajstić information content (AvgIpc) is 2.84. The highest BCUT2D eigenvalue weighted by atomic mass is 32.2. The molecule has 2 aromatic rings. The molecule has 1 heterocycles. The van der Waals surface area contributed by atoms with Crippen molar-refractivity contribution >= 4 is 27.6 Å². The number of anilines is 2. The molecule has 0 saturated heterocycles. The Hall–Kier alpha value is -2.69. The topological polar surface area (TPSA) is 115 Å². The summed E-state index contributed by atoms with van der Waals surface area (Å²) in [5.41, 5.74) is 1.27. The van der Waals surface area contributed by atoms with Gasteiger partial charge in [0.25, 0.3) is 5.91 Å². The van der Waals surface area contributed by atoms with E-state index in [0.29, 0.717) is 25.2 Å². The van der Waals surface area contributed by atoms with Crippen molar-refractivity contribution in [3.63, 3.8) is 0 Å². The minimum Gasteiger partial charge on any atom is -0.394 e. The van der Waals surface area contributed by atoms with Crippen LogP contribution in [0.3, 0.4) is 0 Å². The molecule has 0 saturated carbocycles. The van der Waals surface area contributed by atoms with Gasteiger partial charge in [-0.2, -0.15) is 0 Å². The molecule has 0 unspecified atom stereocenters. The van der Waals surface area contributed by atoms with E-state index in [1.54, 1.807) is 6.07 Å². The Balaban J connectivity index is 2.31. The summed E-state index contributed by atoms with van der Waals surface area (Å²) in [5, 5.41) is 15.9. The molecule has 1 amide bonds. The molecule has 9 nitrogen and oxygen atoms in total. The average molecular weight is 506 g/mol. The van der Waals surface area contributed by atoms with Crippen LogP contribution in [-0.2, 0) is 16.4 Å². The zero-order chi connectivity index (χ0) is 25.8. The zero-order valence-corrected chi connectivity index (χ0v) is 22.0. The molecule has 0 aliphatic heterocycles. The van der Waals surface area contributed by atoms with Gasteiger partial charge in [-0.1, -0.05) is 51.1 Å². The summed E-state index contributed by atoms with van der Waals surface area (Å²) in [6, 6.07) is 12.2. The van der Waals surface area contributed by atoms with Gasteiger partial charge in [0.1, 0.15) is 11.6 Å². The quantitative estimate of drug-likeness (QED) is 0.340. The summed E-state index contributed by atoms with van der Waals surface area (Å²) in [4.78, 5) is 19.9. The number of aliphatic hydroxyl groups is 1. The number of nitrogens with zero attached hydrogens (tertiary/aromatic N) is 3. The predicted octanol–water partition coefficient (Wildman–Crippen LogP) is 2.34. The van der Waals surface area contributed by atoms with Crippen molar-refractivity contribution in [2.24, 2.45) is 0 Å². The maximum Gasteiger partial charge on any atom is 0.251 e. The number of aromatic nitrogens is 1. The van der Waals surface area contributed by atoms with Crippen molar-refractivity contribution in [1.82, 2.24) is 15.2 Å². The van der Waals surface area contributed by atoms with Gasteiger partial charge >= 0.3 is 0 Å². The zero-order valence-electron chi connectivity index (χ0n) is 21.2. The van der Waals surface area contributed by atoms with Crippen LogP contribution in [0.15, 0.2) is 42.5 Å². The van der Waals surface area contributed by atoms with Crippen LogP contribution in [0.1, 0.15) is 43.1 Å². The van der Waals surface area contributed by atoms with Crippen molar-refractivity contribution in [2.75, 3.05) is 55.2 Å². The molecule has 0 bridgehead atoms. The second-order valence-electron chi connectivity index (χ2n) is 8.43. The fourth-order valence-corrected chi connectivity index (χ4v) is 4.68. The molecule has 35 heavy (non-hydrogen) atoms. The molecule has 0 spiro atoms. The summed E-state index contributed by atoms with van der Waals surface area (Å²) >= 11 is 0. The number of hydrogen-bond donors (Lipinski definition) is 3. The van der Waals surface area contributed by atoms with Gasteiger partial charge in [-0.25, -0.2) is 13.4 Å². The van der Waals surface area contributed by atoms with Gasteiger partial charge < -0.3 is 20.6 Å². The number of benzene rings is 1. The third kappa shape index (κ3) is 9.12. The molecule has 1 aromatic heterocycles. The van der Waals surface area contributed by atoms with Gasteiger partial charge in [0.2, 0.25) is 10.0 Å². The van der Waals surface area contributed by atoms with E-state index in [0.717, 1.165) is 31.5 Å². The fraction of sp³-hybridized carbons (Fsp3) is 0.520. The van der Waals surface area contributed by atoms with E-state index >= 15 is 0 Å². The monoisotopic (exact) mass is 505 g/mol. The summed E-state index contributed by atoms with van der Waals surface area (Å²) in [6.07, 6.45) is 2.20. The Morgan fingerprint density at radius 2 is 1.77 bits per heavy atom. The minimum atomic E-state index is -3.59. The highest BCUT2D eigenvalue weighted by Gasteiger charge is 2.22. The van der Waals surface area contributed by atoms with Crippen molar-refractivity contribution in [1.29, 1.82) is 0 Å². The number of sulfonamides is 1. The van der Waals surface area contributed by atoms with E-state index in [4.69, 9.17) is 0 Å². The number of carbonyl (C=O) groups is 1. The lowest BCUT2D eigenvalue weighted by atomic mass is 10.1. The Kier molecular flexibility index (Phi) is 11.4. The number of rotatable bonds is 15. The molecule has 0 aliphatic rings. The molecule has 10 heteroatoms. The second kappa shape index (κ2) is 14.0. The molecular weight excluding hydrogens is 466 g/mol. The lowest BCUT2D eigenvalue weighted by Gasteiger charge is -2.23. The van der Waals surface area contributed by atoms with Crippen LogP contribution < -0.4 is 14.9 Å². The lowest BCUT2D eigenvalue weighted by molar-refractivity contribution is 0.0916. The van der Waals surface area contributed by atoms with E-state index < -0.39 is 22.0 Å². The molecule has 3 N–H and O–H groups in total. The van der Waals surface area contributed by atoms with E-state index in [-0.39, 0.29) is 24.5 Å². The maximum atomic E-state index is 13.2.